The van der Waals surface area contributed by atoms with E-state index < -0.39 is 11.9 Å². The lowest BCUT2D eigenvalue weighted by Crippen LogP contribution is -2.46. The summed E-state index contributed by atoms with van der Waals surface area (Å²) in [7, 11) is 0. The van der Waals surface area contributed by atoms with Crippen LogP contribution in [0, 0.1) is 5.92 Å². The Labute approximate surface area is 212 Å². The van der Waals surface area contributed by atoms with Crippen LogP contribution in [0.5, 0.6) is 11.5 Å². The van der Waals surface area contributed by atoms with Gasteiger partial charge in [0, 0.05) is 12.8 Å². The first-order valence-corrected chi connectivity index (χ1v) is 12.6. The molecule has 1 fully saturated rings. The lowest BCUT2D eigenvalue weighted by Gasteiger charge is -2.19. The third-order valence-electron chi connectivity index (χ3n) is 6.55. The number of amides is 2. The molecule has 0 aliphatic heterocycles. The molecule has 6 heteroatoms. The summed E-state index contributed by atoms with van der Waals surface area (Å²) in [6, 6.07) is 24.6. The van der Waals surface area contributed by atoms with Gasteiger partial charge in [-0.15, -0.1) is 0 Å². The summed E-state index contributed by atoms with van der Waals surface area (Å²) >= 11 is 0. The summed E-state index contributed by atoms with van der Waals surface area (Å²) in [6.07, 6.45) is 5.21. The molecule has 4 rings (SSSR count). The van der Waals surface area contributed by atoms with E-state index in [-0.39, 0.29) is 12.3 Å². The zero-order valence-electron chi connectivity index (χ0n) is 20.5. The maximum Gasteiger partial charge on any atom is 0.240 e. The number of nitrogens with one attached hydrogen (secondary N) is 1. The van der Waals surface area contributed by atoms with Gasteiger partial charge in [-0.1, -0.05) is 79.6 Å². The Bertz CT molecular complexity index is 1130. The number of benzene rings is 3. The Balaban J connectivity index is 1.46. The summed E-state index contributed by atoms with van der Waals surface area (Å²) in [4.78, 5) is 24.7. The molecule has 0 saturated heterocycles. The standard InChI is InChI=1S/C30H34N2O4/c31-30(34)26(32-29(33)19-22-9-7-8-10-22)17-25-15-16-27(35-20-23-11-3-1-4-12-23)28(18-25)36-21-24-13-5-2-6-14-24/h1-6,11-16,18,22,26H,7-10,17,19-21H2,(H2,31,34)(H,32,33)/t26-/m1/s1. The Morgan fingerprint density at radius 2 is 1.39 bits per heavy atom. The van der Waals surface area contributed by atoms with Crippen molar-refractivity contribution in [2.75, 3.05) is 0 Å². The van der Waals surface area contributed by atoms with Crippen molar-refractivity contribution in [1.82, 2.24) is 5.32 Å². The first kappa shape index (κ1) is 25.3. The molecule has 3 N–H and O–H groups in total. The molecule has 0 aromatic heterocycles. The minimum Gasteiger partial charge on any atom is -0.485 e. The van der Waals surface area contributed by atoms with E-state index in [4.69, 9.17) is 15.2 Å². The van der Waals surface area contributed by atoms with Crippen LogP contribution in [0.15, 0.2) is 78.9 Å². The van der Waals surface area contributed by atoms with Crippen molar-refractivity contribution >= 4 is 11.8 Å². The number of carbonyl (C=O) groups is 2. The van der Waals surface area contributed by atoms with Gasteiger partial charge in [-0.2, -0.15) is 0 Å². The minimum absolute atomic E-state index is 0.117. The van der Waals surface area contributed by atoms with E-state index in [2.05, 4.69) is 5.32 Å². The fourth-order valence-corrected chi connectivity index (χ4v) is 4.57. The van der Waals surface area contributed by atoms with Gasteiger partial charge in [0.1, 0.15) is 19.3 Å². The molecule has 0 bridgehead atoms. The lowest BCUT2D eigenvalue weighted by molar-refractivity contribution is -0.127. The molecule has 6 nitrogen and oxygen atoms in total. The average molecular weight is 487 g/mol. The molecule has 1 aliphatic rings. The van der Waals surface area contributed by atoms with Crippen LogP contribution in [0.4, 0.5) is 0 Å². The molecular weight excluding hydrogens is 452 g/mol. The summed E-state index contributed by atoms with van der Waals surface area (Å²) in [6.45, 7) is 0.784. The Morgan fingerprint density at radius 3 is 1.97 bits per heavy atom. The van der Waals surface area contributed by atoms with E-state index >= 15 is 0 Å². The Kier molecular flexibility index (Phi) is 8.98. The molecule has 188 valence electrons. The third kappa shape index (κ3) is 7.60. The fraction of sp³-hybridized carbons (Fsp3) is 0.333. The SMILES string of the molecule is NC(=O)[C@@H](Cc1ccc(OCc2ccccc2)c(OCc2ccccc2)c1)NC(=O)CC1CCCC1. The second-order valence-corrected chi connectivity index (χ2v) is 9.41. The molecular formula is C30H34N2O4. The summed E-state index contributed by atoms with van der Waals surface area (Å²) in [5, 5.41) is 2.84. The van der Waals surface area contributed by atoms with E-state index in [0.29, 0.717) is 37.1 Å². The van der Waals surface area contributed by atoms with Crippen LogP contribution in [-0.4, -0.2) is 17.9 Å². The maximum atomic E-state index is 12.5. The molecule has 3 aromatic carbocycles. The number of carbonyl (C=O) groups excluding carboxylic acids is 2. The van der Waals surface area contributed by atoms with Crippen LogP contribution < -0.4 is 20.5 Å². The van der Waals surface area contributed by atoms with Crippen molar-refractivity contribution in [2.45, 2.75) is 57.8 Å². The van der Waals surface area contributed by atoms with Gasteiger partial charge in [-0.05, 0) is 47.6 Å². The van der Waals surface area contributed by atoms with Crippen LogP contribution in [0.3, 0.4) is 0 Å². The van der Waals surface area contributed by atoms with E-state index in [9.17, 15) is 9.59 Å². The van der Waals surface area contributed by atoms with Gasteiger partial charge in [0.2, 0.25) is 11.8 Å². The number of nitrogens with two attached hydrogens (primary N) is 1. The molecule has 2 amide bonds. The van der Waals surface area contributed by atoms with E-state index in [0.717, 1.165) is 29.5 Å². The molecule has 1 atom stereocenters. The normalized spacial score (nSPS) is 14.2. The zero-order valence-corrected chi connectivity index (χ0v) is 20.5. The fourth-order valence-electron chi connectivity index (χ4n) is 4.57. The van der Waals surface area contributed by atoms with Gasteiger partial charge in [-0.25, -0.2) is 0 Å². The first-order valence-electron chi connectivity index (χ1n) is 12.6. The predicted octanol–water partition coefficient (Wildman–Crippen LogP) is 4.94. The number of hydrogen-bond acceptors (Lipinski definition) is 4. The second kappa shape index (κ2) is 12.8. The Morgan fingerprint density at radius 1 is 0.806 bits per heavy atom. The number of primary amides is 1. The van der Waals surface area contributed by atoms with Crippen molar-refractivity contribution in [1.29, 1.82) is 0 Å². The monoisotopic (exact) mass is 486 g/mol. The highest BCUT2D eigenvalue weighted by Crippen LogP contribution is 2.31. The maximum absolute atomic E-state index is 12.5. The van der Waals surface area contributed by atoms with Crippen LogP contribution in [0.1, 0.15) is 48.8 Å². The number of hydrogen-bond donors (Lipinski definition) is 2. The van der Waals surface area contributed by atoms with Gasteiger partial charge < -0.3 is 20.5 Å². The zero-order chi connectivity index (χ0) is 25.2. The van der Waals surface area contributed by atoms with Gasteiger partial charge in [0.15, 0.2) is 11.5 Å². The van der Waals surface area contributed by atoms with E-state index in [1.807, 2.05) is 78.9 Å². The molecule has 0 unspecified atom stereocenters. The van der Waals surface area contributed by atoms with Crippen LogP contribution in [-0.2, 0) is 29.2 Å². The first-order chi connectivity index (χ1) is 17.6. The highest BCUT2D eigenvalue weighted by atomic mass is 16.5. The van der Waals surface area contributed by atoms with Crippen LogP contribution in [0.25, 0.3) is 0 Å². The molecule has 1 saturated carbocycles. The quantitative estimate of drug-likeness (QED) is 0.380. The number of ether oxygens (including phenoxy) is 2. The summed E-state index contributed by atoms with van der Waals surface area (Å²) < 4.78 is 12.2. The average Bonchev–Trinajstić information content (AvgIpc) is 3.40. The third-order valence-corrected chi connectivity index (χ3v) is 6.55. The summed E-state index contributed by atoms with van der Waals surface area (Å²) in [5.41, 5.74) is 8.56. The van der Waals surface area contributed by atoms with Gasteiger partial charge >= 0.3 is 0 Å². The molecule has 1 aliphatic carbocycles. The van der Waals surface area contributed by atoms with Crippen molar-refractivity contribution in [2.24, 2.45) is 11.7 Å². The van der Waals surface area contributed by atoms with Crippen molar-refractivity contribution in [3.8, 4) is 11.5 Å². The highest BCUT2D eigenvalue weighted by molar-refractivity contribution is 5.86. The van der Waals surface area contributed by atoms with Gasteiger partial charge in [-0.3, -0.25) is 9.59 Å². The Hall–Kier alpha value is -3.80. The second-order valence-electron chi connectivity index (χ2n) is 9.41. The highest BCUT2D eigenvalue weighted by Gasteiger charge is 2.23. The lowest BCUT2D eigenvalue weighted by atomic mass is 10.0. The predicted molar refractivity (Wildman–Crippen MR) is 139 cm³/mol. The smallest absolute Gasteiger partial charge is 0.240 e. The van der Waals surface area contributed by atoms with Gasteiger partial charge in [0.25, 0.3) is 0 Å². The van der Waals surface area contributed by atoms with E-state index in [1.54, 1.807) is 0 Å². The molecule has 0 spiro atoms. The van der Waals surface area contributed by atoms with Crippen LogP contribution in [0.2, 0.25) is 0 Å². The molecule has 36 heavy (non-hydrogen) atoms. The number of rotatable bonds is 12. The van der Waals surface area contributed by atoms with Crippen molar-refractivity contribution < 1.29 is 19.1 Å². The minimum atomic E-state index is -0.781. The van der Waals surface area contributed by atoms with Crippen molar-refractivity contribution in [3.05, 3.63) is 95.6 Å². The topological polar surface area (TPSA) is 90.7 Å². The largest absolute Gasteiger partial charge is 0.485 e. The summed E-state index contributed by atoms with van der Waals surface area (Å²) in [5.74, 6) is 0.921. The van der Waals surface area contributed by atoms with E-state index in [1.165, 1.54) is 12.8 Å². The van der Waals surface area contributed by atoms with Crippen molar-refractivity contribution in [3.63, 3.8) is 0 Å². The molecule has 3 aromatic rings. The van der Waals surface area contributed by atoms with Crippen LogP contribution >= 0.6 is 0 Å². The molecule has 0 radical (unpaired) electrons. The van der Waals surface area contributed by atoms with Gasteiger partial charge in [0.05, 0.1) is 0 Å². The molecule has 0 heterocycles.